The highest BCUT2D eigenvalue weighted by molar-refractivity contribution is 5.94. The van der Waals surface area contributed by atoms with E-state index in [0.717, 1.165) is 37.3 Å². The first-order valence-corrected chi connectivity index (χ1v) is 13.6. The van der Waals surface area contributed by atoms with Gasteiger partial charge < -0.3 is 24.4 Å². The van der Waals surface area contributed by atoms with Gasteiger partial charge in [-0.05, 0) is 48.7 Å². The summed E-state index contributed by atoms with van der Waals surface area (Å²) < 4.78 is 17.8. The lowest BCUT2D eigenvalue weighted by molar-refractivity contribution is 0.0696. The van der Waals surface area contributed by atoms with Gasteiger partial charge in [-0.25, -0.2) is 9.59 Å². The average molecular weight is 515 g/mol. The zero-order valence-electron chi connectivity index (χ0n) is 22.3. The topological polar surface area (TPSA) is 102 Å². The number of unbranched alkanes of at least 4 members (excludes halogenated alkanes) is 9. The second kappa shape index (κ2) is 17.3. The number of carbonyl (C=O) groups is 2. The van der Waals surface area contributed by atoms with Crippen molar-refractivity contribution in [2.24, 2.45) is 0 Å². The van der Waals surface area contributed by atoms with Gasteiger partial charge in [-0.1, -0.05) is 71.6 Å². The van der Waals surface area contributed by atoms with Gasteiger partial charge in [0.05, 0.1) is 24.3 Å². The van der Waals surface area contributed by atoms with E-state index in [0.29, 0.717) is 24.7 Å². The number of rotatable bonds is 20. The Morgan fingerprint density at radius 2 is 1.00 bits per heavy atom. The maximum absolute atomic E-state index is 11.4. The largest absolute Gasteiger partial charge is 0.493 e. The van der Waals surface area contributed by atoms with E-state index in [4.69, 9.17) is 14.2 Å². The summed E-state index contributed by atoms with van der Waals surface area (Å²) in [4.78, 5) is 22.8. The van der Waals surface area contributed by atoms with Crippen molar-refractivity contribution in [2.45, 2.75) is 91.1 Å². The third kappa shape index (κ3) is 12.0. The Morgan fingerprint density at radius 3 is 1.46 bits per heavy atom. The first kappa shape index (κ1) is 30.0. The number of carboxylic acid groups (broad SMARTS) is 2. The Balaban J connectivity index is 2.05. The minimum absolute atomic E-state index is 0.114. The Labute approximate surface area is 220 Å². The normalized spacial score (nSPS) is 10.8. The summed E-state index contributed by atoms with van der Waals surface area (Å²) >= 11 is 0. The van der Waals surface area contributed by atoms with E-state index in [-0.39, 0.29) is 23.5 Å². The molecule has 0 aliphatic carbocycles. The van der Waals surface area contributed by atoms with Gasteiger partial charge in [0.1, 0.15) is 23.9 Å². The Hall–Kier alpha value is -3.22. The van der Waals surface area contributed by atoms with E-state index >= 15 is 0 Å². The zero-order chi connectivity index (χ0) is 26.9. The first-order chi connectivity index (χ1) is 17.9. The van der Waals surface area contributed by atoms with Crippen LogP contribution in [0.25, 0.3) is 0 Å². The van der Waals surface area contributed by atoms with Crippen molar-refractivity contribution in [3.05, 3.63) is 53.1 Å². The van der Waals surface area contributed by atoms with E-state index in [9.17, 15) is 19.8 Å². The van der Waals surface area contributed by atoms with Crippen LogP contribution in [0, 0.1) is 0 Å². The van der Waals surface area contributed by atoms with Crippen LogP contribution in [0.15, 0.2) is 36.4 Å². The monoisotopic (exact) mass is 514 g/mol. The lowest BCUT2D eigenvalue weighted by Gasteiger charge is -2.14. The number of benzene rings is 2. The maximum atomic E-state index is 11.4. The van der Waals surface area contributed by atoms with Crippen LogP contribution in [0.5, 0.6) is 17.2 Å². The Bertz CT molecular complexity index is 938. The molecule has 37 heavy (non-hydrogen) atoms. The number of hydrogen-bond donors (Lipinski definition) is 2. The van der Waals surface area contributed by atoms with Gasteiger partial charge in [-0.2, -0.15) is 0 Å². The van der Waals surface area contributed by atoms with Crippen molar-refractivity contribution in [1.82, 2.24) is 0 Å². The number of ether oxygens (including phenoxy) is 3. The SMILES string of the molecule is CCCCCCCCOc1cc(COc2cc(C(=O)O)cc(C(=O)O)c2)cc(OCCCCCCC)c1. The summed E-state index contributed by atoms with van der Waals surface area (Å²) in [5, 5.41) is 18.6. The third-order valence-electron chi connectivity index (χ3n) is 6.03. The molecule has 0 atom stereocenters. The molecule has 204 valence electrons. The second-order valence-electron chi connectivity index (χ2n) is 9.34. The number of aromatic carboxylic acids is 2. The van der Waals surface area contributed by atoms with Crippen molar-refractivity contribution in [3.63, 3.8) is 0 Å². The van der Waals surface area contributed by atoms with Crippen LogP contribution >= 0.6 is 0 Å². The van der Waals surface area contributed by atoms with Crippen LogP contribution in [-0.2, 0) is 6.61 Å². The van der Waals surface area contributed by atoms with Crippen molar-refractivity contribution in [3.8, 4) is 17.2 Å². The minimum Gasteiger partial charge on any atom is -0.493 e. The molecule has 0 bridgehead atoms. The molecule has 0 amide bonds. The van der Waals surface area contributed by atoms with Gasteiger partial charge in [0.25, 0.3) is 0 Å². The molecule has 0 saturated heterocycles. The predicted molar refractivity (Wildman–Crippen MR) is 144 cm³/mol. The summed E-state index contributed by atoms with van der Waals surface area (Å²) in [6.07, 6.45) is 12.8. The lowest BCUT2D eigenvalue weighted by Crippen LogP contribution is -2.05. The van der Waals surface area contributed by atoms with Gasteiger partial charge in [-0.3, -0.25) is 0 Å². The van der Waals surface area contributed by atoms with Crippen LogP contribution in [0.2, 0.25) is 0 Å². The van der Waals surface area contributed by atoms with Crippen LogP contribution in [-0.4, -0.2) is 35.4 Å². The van der Waals surface area contributed by atoms with Crippen molar-refractivity contribution in [2.75, 3.05) is 13.2 Å². The molecule has 7 nitrogen and oxygen atoms in total. The molecule has 7 heteroatoms. The molecular weight excluding hydrogens is 472 g/mol. The van der Waals surface area contributed by atoms with Crippen molar-refractivity contribution < 1.29 is 34.0 Å². The van der Waals surface area contributed by atoms with Gasteiger partial charge >= 0.3 is 11.9 Å². The summed E-state index contributed by atoms with van der Waals surface area (Å²) in [6, 6.07) is 9.40. The fourth-order valence-electron chi connectivity index (χ4n) is 3.94. The Morgan fingerprint density at radius 1 is 0.568 bits per heavy atom. The minimum atomic E-state index is -1.22. The predicted octanol–water partition coefficient (Wildman–Crippen LogP) is 7.75. The highest BCUT2D eigenvalue weighted by Gasteiger charge is 2.13. The van der Waals surface area contributed by atoms with E-state index < -0.39 is 11.9 Å². The Kier molecular flexibility index (Phi) is 14.0. The molecule has 0 aliphatic rings. The molecule has 0 heterocycles. The lowest BCUT2D eigenvalue weighted by atomic mass is 10.1. The molecule has 0 aromatic heterocycles. The molecule has 2 aromatic rings. The van der Waals surface area contributed by atoms with Gasteiger partial charge in [0.15, 0.2) is 0 Å². The summed E-state index contributed by atoms with van der Waals surface area (Å²) in [5.41, 5.74) is 0.509. The highest BCUT2D eigenvalue weighted by Crippen LogP contribution is 2.26. The molecule has 0 saturated carbocycles. The maximum Gasteiger partial charge on any atom is 0.335 e. The third-order valence-corrected chi connectivity index (χ3v) is 6.03. The van der Waals surface area contributed by atoms with Crippen LogP contribution in [0.1, 0.15) is 111 Å². The summed E-state index contributed by atoms with van der Waals surface area (Å²) in [7, 11) is 0. The molecular formula is C30H42O7. The molecule has 0 radical (unpaired) electrons. The fourth-order valence-corrected chi connectivity index (χ4v) is 3.94. The molecule has 2 N–H and O–H groups in total. The average Bonchev–Trinajstić information content (AvgIpc) is 2.88. The summed E-state index contributed by atoms with van der Waals surface area (Å²) in [5.74, 6) is -0.865. The molecule has 0 fully saturated rings. The van der Waals surface area contributed by atoms with E-state index in [2.05, 4.69) is 13.8 Å². The van der Waals surface area contributed by atoms with Crippen LogP contribution in [0.4, 0.5) is 0 Å². The van der Waals surface area contributed by atoms with Gasteiger partial charge in [0, 0.05) is 6.07 Å². The van der Waals surface area contributed by atoms with Gasteiger partial charge in [-0.15, -0.1) is 0 Å². The van der Waals surface area contributed by atoms with E-state index in [1.165, 1.54) is 57.1 Å². The van der Waals surface area contributed by atoms with Gasteiger partial charge in [0.2, 0.25) is 0 Å². The second-order valence-corrected chi connectivity index (χ2v) is 9.34. The smallest absolute Gasteiger partial charge is 0.335 e. The van der Waals surface area contributed by atoms with Crippen molar-refractivity contribution in [1.29, 1.82) is 0 Å². The van der Waals surface area contributed by atoms with E-state index in [1.54, 1.807) is 0 Å². The fraction of sp³-hybridized carbons (Fsp3) is 0.533. The zero-order valence-corrected chi connectivity index (χ0v) is 22.3. The van der Waals surface area contributed by atoms with Crippen molar-refractivity contribution >= 4 is 11.9 Å². The van der Waals surface area contributed by atoms with Crippen LogP contribution < -0.4 is 14.2 Å². The molecule has 0 spiro atoms. The highest BCUT2D eigenvalue weighted by atomic mass is 16.5. The number of carboxylic acids is 2. The molecule has 2 rings (SSSR count). The summed E-state index contributed by atoms with van der Waals surface area (Å²) in [6.45, 7) is 5.75. The van der Waals surface area contributed by atoms with E-state index in [1.807, 2.05) is 18.2 Å². The molecule has 0 aliphatic heterocycles. The first-order valence-electron chi connectivity index (χ1n) is 13.6. The van der Waals surface area contributed by atoms with Crippen LogP contribution in [0.3, 0.4) is 0 Å². The standard InChI is InChI=1S/C30H42O7/c1-3-5-7-9-11-13-15-36-27-17-23(16-26(21-27)35-14-12-10-8-6-4-2)22-37-28-19-24(29(31)32)18-25(20-28)30(33)34/h16-21H,3-15,22H2,1-2H3,(H,31,32)(H,33,34). The molecule has 0 unspecified atom stereocenters. The molecule has 2 aromatic carbocycles. The quantitative estimate of drug-likeness (QED) is 0.174. The number of hydrogen-bond acceptors (Lipinski definition) is 5.